The van der Waals surface area contributed by atoms with Gasteiger partial charge in [0.2, 0.25) is 10.0 Å². The van der Waals surface area contributed by atoms with Crippen molar-refractivity contribution in [3.8, 4) is 11.5 Å². The first-order valence-electron chi connectivity index (χ1n) is 7.95. The maximum absolute atomic E-state index is 13.1. The van der Waals surface area contributed by atoms with E-state index in [-0.39, 0.29) is 6.54 Å². The SMILES string of the molecule is COc1ccc(OC)c(CN(C)S(=O)(=O)c2c(C)cc(C)cc2C)c1. The number of nitrogens with zero attached hydrogens (tertiary/aromatic N) is 1. The summed E-state index contributed by atoms with van der Waals surface area (Å²) in [6.45, 7) is 5.80. The molecule has 2 aromatic rings. The Kier molecular flexibility index (Phi) is 5.75. The second kappa shape index (κ2) is 7.45. The van der Waals surface area contributed by atoms with Crippen LogP contribution in [-0.2, 0) is 16.6 Å². The molecule has 0 unspecified atom stereocenters. The molecular formula is C19H25NO4S. The summed E-state index contributed by atoms with van der Waals surface area (Å²) in [5.41, 5.74) is 3.30. The zero-order valence-electron chi connectivity index (χ0n) is 15.6. The fourth-order valence-electron chi connectivity index (χ4n) is 3.06. The van der Waals surface area contributed by atoms with Crippen LogP contribution >= 0.6 is 0 Å². The van der Waals surface area contributed by atoms with Crippen molar-refractivity contribution in [2.75, 3.05) is 21.3 Å². The second-order valence-corrected chi connectivity index (χ2v) is 8.15. The largest absolute Gasteiger partial charge is 0.497 e. The topological polar surface area (TPSA) is 55.8 Å². The van der Waals surface area contributed by atoms with Crippen molar-refractivity contribution in [1.29, 1.82) is 0 Å². The number of rotatable bonds is 6. The quantitative estimate of drug-likeness (QED) is 0.789. The minimum atomic E-state index is -3.62. The lowest BCUT2D eigenvalue weighted by Gasteiger charge is -2.21. The van der Waals surface area contributed by atoms with E-state index in [9.17, 15) is 8.42 Å². The molecule has 0 aliphatic carbocycles. The normalized spacial score (nSPS) is 11.6. The fourth-order valence-corrected chi connectivity index (χ4v) is 4.61. The first kappa shape index (κ1) is 19.3. The Balaban J connectivity index is 2.43. The van der Waals surface area contributed by atoms with Crippen molar-refractivity contribution >= 4 is 10.0 Å². The first-order valence-corrected chi connectivity index (χ1v) is 9.39. The maximum atomic E-state index is 13.1. The molecule has 0 amide bonds. The van der Waals surface area contributed by atoms with Gasteiger partial charge in [-0.2, -0.15) is 4.31 Å². The number of hydrogen-bond donors (Lipinski definition) is 0. The molecule has 0 fully saturated rings. The van der Waals surface area contributed by atoms with Gasteiger partial charge in [-0.05, 0) is 50.1 Å². The zero-order valence-corrected chi connectivity index (χ0v) is 16.4. The minimum Gasteiger partial charge on any atom is -0.497 e. The van der Waals surface area contributed by atoms with E-state index in [1.807, 2.05) is 32.9 Å². The summed E-state index contributed by atoms with van der Waals surface area (Å²) in [4.78, 5) is 0.363. The van der Waals surface area contributed by atoms with E-state index < -0.39 is 10.0 Å². The molecule has 2 rings (SSSR count). The smallest absolute Gasteiger partial charge is 0.243 e. The Morgan fingerprint density at radius 1 is 0.960 bits per heavy atom. The van der Waals surface area contributed by atoms with Gasteiger partial charge in [-0.3, -0.25) is 0 Å². The van der Waals surface area contributed by atoms with E-state index in [0.717, 1.165) is 22.3 Å². The summed E-state index contributed by atoms with van der Waals surface area (Å²) in [5, 5.41) is 0. The summed E-state index contributed by atoms with van der Waals surface area (Å²) < 4.78 is 38.1. The molecule has 0 saturated heterocycles. The maximum Gasteiger partial charge on any atom is 0.243 e. The van der Waals surface area contributed by atoms with E-state index >= 15 is 0 Å². The van der Waals surface area contributed by atoms with Crippen LogP contribution in [-0.4, -0.2) is 34.0 Å². The Morgan fingerprint density at radius 2 is 1.56 bits per heavy atom. The number of hydrogen-bond acceptors (Lipinski definition) is 4. The minimum absolute atomic E-state index is 0.190. The van der Waals surface area contributed by atoms with Crippen LogP contribution in [0.1, 0.15) is 22.3 Å². The summed E-state index contributed by atoms with van der Waals surface area (Å²) in [6.07, 6.45) is 0. The highest BCUT2D eigenvalue weighted by molar-refractivity contribution is 7.89. The molecular weight excluding hydrogens is 338 g/mol. The number of ether oxygens (including phenoxy) is 2. The average Bonchev–Trinajstić information content (AvgIpc) is 2.53. The Morgan fingerprint density at radius 3 is 2.08 bits per heavy atom. The van der Waals surface area contributed by atoms with Gasteiger partial charge in [0.1, 0.15) is 11.5 Å². The molecule has 0 heterocycles. The standard InChI is InChI=1S/C19H25NO4S/c1-13-9-14(2)19(15(3)10-13)25(21,22)20(4)12-16-11-17(23-5)7-8-18(16)24-6/h7-11H,12H2,1-6H3. The monoisotopic (exact) mass is 363 g/mol. The molecule has 2 aromatic carbocycles. The summed E-state index contributed by atoms with van der Waals surface area (Å²) >= 11 is 0. The number of benzene rings is 2. The van der Waals surface area contributed by atoms with Crippen LogP contribution in [0.4, 0.5) is 0 Å². The summed E-state index contributed by atoms with van der Waals surface area (Å²) in [7, 11) is 1.09. The van der Waals surface area contributed by atoms with E-state index in [1.54, 1.807) is 39.5 Å². The Bertz CT molecular complexity index is 852. The predicted octanol–water partition coefficient (Wildman–Crippen LogP) is 3.45. The third-order valence-corrected chi connectivity index (χ3v) is 6.26. The van der Waals surface area contributed by atoms with Crippen molar-refractivity contribution in [3.05, 3.63) is 52.6 Å². The Labute approximate surface area is 150 Å². The predicted molar refractivity (Wildman–Crippen MR) is 98.9 cm³/mol. The lowest BCUT2D eigenvalue weighted by molar-refractivity contribution is 0.389. The van der Waals surface area contributed by atoms with Crippen LogP contribution in [0.2, 0.25) is 0 Å². The molecule has 0 spiro atoms. The van der Waals surface area contributed by atoms with Gasteiger partial charge in [0.05, 0.1) is 19.1 Å². The molecule has 0 N–H and O–H groups in total. The highest BCUT2D eigenvalue weighted by atomic mass is 32.2. The van der Waals surface area contributed by atoms with Gasteiger partial charge in [0.15, 0.2) is 0 Å². The van der Waals surface area contributed by atoms with E-state index in [2.05, 4.69) is 0 Å². The fraction of sp³-hybridized carbons (Fsp3) is 0.368. The molecule has 5 nitrogen and oxygen atoms in total. The van der Waals surface area contributed by atoms with Crippen LogP contribution < -0.4 is 9.47 Å². The van der Waals surface area contributed by atoms with Crippen molar-refractivity contribution < 1.29 is 17.9 Å². The van der Waals surface area contributed by atoms with Crippen molar-refractivity contribution in [2.24, 2.45) is 0 Å². The Hall–Kier alpha value is -2.05. The zero-order chi connectivity index (χ0) is 18.8. The average molecular weight is 363 g/mol. The van der Waals surface area contributed by atoms with Crippen LogP contribution in [0.5, 0.6) is 11.5 Å². The van der Waals surface area contributed by atoms with Gasteiger partial charge in [-0.1, -0.05) is 17.7 Å². The molecule has 6 heteroatoms. The highest BCUT2D eigenvalue weighted by Crippen LogP contribution is 2.29. The van der Waals surface area contributed by atoms with Gasteiger partial charge in [-0.25, -0.2) is 8.42 Å². The lowest BCUT2D eigenvalue weighted by Crippen LogP contribution is -2.28. The molecule has 25 heavy (non-hydrogen) atoms. The molecule has 0 aliphatic heterocycles. The third kappa shape index (κ3) is 3.96. The second-order valence-electron chi connectivity index (χ2n) is 6.17. The van der Waals surface area contributed by atoms with Crippen LogP contribution in [0.25, 0.3) is 0 Å². The molecule has 0 bridgehead atoms. The van der Waals surface area contributed by atoms with Gasteiger partial charge in [0, 0.05) is 19.2 Å². The highest BCUT2D eigenvalue weighted by Gasteiger charge is 2.26. The van der Waals surface area contributed by atoms with Crippen LogP contribution in [0.15, 0.2) is 35.2 Å². The molecule has 0 radical (unpaired) electrons. The molecule has 136 valence electrons. The summed E-state index contributed by atoms with van der Waals surface area (Å²) in [5.74, 6) is 1.28. The van der Waals surface area contributed by atoms with Gasteiger partial charge in [0.25, 0.3) is 0 Å². The number of aryl methyl sites for hydroxylation is 3. The van der Waals surface area contributed by atoms with Crippen molar-refractivity contribution in [2.45, 2.75) is 32.2 Å². The molecule has 0 aliphatic rings. The first-order chi connectivity index (χ1) is 11.7. The summed E-state index contributed by atoms with van der Waals surface area (Å²) in [6, 6.07) is 9.13. The van der Waals surface area contributed by atoms with E-state index in [4.69, 9.17) is 9.47 Å². The molecule has 0 atom stereocenters. The molecule has 0 saturated carbocycles. The van der Waals surface area contributed by atoms with Gasteiger partial charge >= 0.3 is 0 Å². The van der Waals surface area contributed by atoms with Crippen LogP contribution in [0, 0.1) is 20.8 Å². The van der Waals surface area contributed by atoms with Crippen LogP contribution in [0.3, 0.4) is 0 Å². The number of methoxy groups -OCH3 is 2. The van der Waals surface area contributed by atoms with E-state index in [0.29, 0.717) is 16.4 Å². The van der Waals surface area contributed by atoms with E-state index in [1.165, 1.54) is 4.31 Å². The molecule has 0 aromatic heterocycles. The van der Waals surface area contributed by atoms with Crippen molar-refractivity contribution in [3.63, 3.8) is 0 Å². The van der Waals surface area contributed by atoms with Gasteiger partial charge in [-0.15, -0.1) is 0 Å². The third-order valence-electron chi connectivity index (χ3n) is 4.15. The van der Waals surface area contributed by atoms with Gasteiger partial charge < -0.3 is 9.47 Å². The van der Waals surface area contributed by atoms with Crippen molar-refractivity contribution in [1.82, 2.24) is 4.31 Å². The lowest BCUT2D eigenvalue weighted by atomic mass is 10.1. The number of sulfonamides is 1.